The van der Waals surface area contributed by atoms with Gasteiger partial charge in [0.05, 0.1) is 5.92 Å². The number of hydrogen-bond acceptors (Lipinski definition) is 4. The number of hydrogen-bond donors (Lipinski definition) is 1. The van der Waals surface area contributed by atoms with Gasteiger partial charge < -0.3 is 9.84 Å². The van der Waals surface area contributed by atoms with E-state index in [1.165, 1.54) is 0 Å². The Balaban J connectivity index is 2.12. The summed E-state index contributed by atoms with van der Waals surface area (Å²) in [6.45, 7) is 1.68. The molecule has 0 aromatic rings. The van der Waals surface area contributed by atoms with Gasteiger partial charge in [-0.1, -0.05) is 6.92 Å². The molecular formula is C11H15NO5. The van der Waals surface area contributed by atoms with E-state index >= 15 is 0 Å². The Morgan fingerprint density at radius 1 is 1.41 bits per heavy atom. The summed E-state index contributed by atoms with van der Waals surface area (Å²) in [5.74, 6) is -2.45. The first-order chi connectivity index (χ1) is 8.04. The number of rotatable bonds is 4. The van der Waals surface area contributed by atoms with Crippen LogP contribution in [0.2, 0.25) is 0 Å². The van der Waals surface area contributed by atoms with E-state index < -0.39 is 24.1 Å². The van der Waals surface area contributed by atoms with Crippen molar-refractivity contribution in [3.8, 4) is 0 Å². The SMILES string of the molecule is CCC(CN1C(=O)C2CCC(O2)C1=O)C(=O)O. The van der Waals surface area contributed by atoms with E-state index in [0.717, 1.165) is 4.90 Å². The molecule has 0 aliphatic carbocycles. The van der Waals surface area contributed by atoms with Gasteiger partial charge >= 0.3 is 5.97 Å². The average molecular weight is 241 g/mol. The zero-order chi connectivity index (χ0) is 12.6. The van der Waals surface area contributed by atoms with E-state index in [1.54, 1.807) is 6.92 Å². The van der Waals surface area contributed by atoms with Crippen molar-refractivity contribution in [2.75, 3.05) is 6.54 Å². The molecule has 2 aliphatic heterocycles. The number of carbonyl (C=O) groups excluding carboxylic acids is 2. The van der Waals surface area contributed by atoms with Crippen LogP contribution in [0.4, 0.5) is 0 Å². The molecule has 6 nitrogen and oxygen atoms in total. The molecule has 0 radical (unpaired) electrons. The van der Waals surface area contributed by atoms with Crippen LogP contribution in [0.15, 0.2) is 0 Å². The average Bonchev–Trinajstić information content (AvgIpc) is 2.73. The van der Waals surface area contributed by atoms with Gasteiger partial charge in [-0.2, -0.15) is 0 Å². The molecule has 2 saturated heterocycles. The second-order valence-electron chi connectivity index (χ2n) is 4.42. The minimum atomic E-state index is -0.980. The van der Waals surface area contributed by atoms with Crippen LogP contribution in [0, 0.1) is 5.92 Å². The maximum absolute atomic E-state index is 11.9. The first-order valence-electron chi connectivity index (χ1n) is 5.78. The third-order valence-electron chi connectivity index (χ3n) is 3.35. The lowest BCUT2D eigenvalue weighted by atomic mass is 10.1. The van der Waals surface area contributed by atoms with Crippen LogP contribution in [0.3, 0.4) is 0 Å². The summed E-state index contributed by atoms with van der Waals surface area (Å²) in [5.41, 5.74) is 0. The van der Waals surface area contributed by atoms with E-state index in [0.29, 0.717) is 19.3 Å². The van der Waals surface area contributed by atoms with Crippen LogP contribution >= 0.6 is 0 Å². The molecule has 0 saturated carbocycles. The second-order valence-corrected chi connectivity index (χ2v) is 4.42. The van der Waals surface area contributed by atoms with E-state index in [1.807, 2.05) is 0 Å². The molecule has 0 aromatic carbocycles. The Morgan fingerprint density at radius 3 is 2.35 bits per heavy atom. The number of carboxylic acids is 1. The van der Waals surface area contributed by atoms with E-state index in [9.17, 15) is 14.4 Å². The van der Waals surface area contributed by atoms with Crippen molar-refractivity contribution in [3.63, 3.8) is 0 Å². The van der Waals surface area contributed by atoms with Gasteiger partial charge in [0.2, 0.25) is 0 Å². The van der Waals surface area contributed by atoms with E-state index in [-0.39, 0.29) is 18.4 Å². The maximum Gasteiger partial charge on any atom is 0.308 e. The minimum absolute atomic E-state index is 0.0418. The van der Waals surface area contributed by atoms with Gasteiger partial charge in [0.25, 0.3) is 11.8 Å². The predicted octanol–water partition coefficient (Wildman–Crippen LogP) is 0.0136. The zero-order valence-electron chi connectivity index (χ0n) is 9.59. The maximum atomic E-state index is 11.9. The Bertz CT molecular complexity index is 345. The normalized spacial score (nSPS) is 29.6. The summed E-state index contributed by atoms with van der Waals surface area (Å²) in [4.78, 5) is 35.7. The van der Waals surface area contributed by atoms with Crippen LogP contribution in [-0.2, 0) is 19.1 Å². The number of fused-ring (bicyclic) bond motifs is 2. The molecule has 0 aromatic heterocycles. The van der Waals surface area contributed by atoms with Crippen LogP contribution < -0.4 is 0 Å². The van der Waals surface area contributed by atoms with E-state index in [2.05, 4.69) is 0 Å². The molecule has 17 heavy (non-hydrogen) atoms. The Morgan fingerprint density at radius 2 is 1.94 bits per heavy atom. The number of morpholine rings is 1. The summed E-state index contributed by atoms with van der Waals surface area (Å²) < 4.78 is 5.24. The summed E-state index contributed by atoms with van der Waals surface area (Å²) >= 11 is 0. The molecule has 2 amide bonds. The van der Waals surface area contributed by atoms with Crippen molar-refractivity contribution >= 4 is 17.8 Å². The van der Waals surface area contributed by atoms with Gasteiger partial charge in [-0.25, -0.2) is 0 Å². The molecule has 2 heterocycles. The van der Waals surface area contributed by atoms with Crippen molar-refractivity contribution in [3.05, 3.63) is 0 Å². The molecule has 94 valence electrons. The summed E-state index contributed by atoms with van der Waals surface area (Å²) in [5, 5.41) is 8.94. The number of ether oxygens (including phenoxy) is 1. The summed E-state index contributed by atoms with van der Waals surface area (Å²) in [6, 6.07) is 0. The van der Waals surface area contributed by atoms with Gasteiger partial charge in [-0.05, 0) is 19.3 Å². The lowest BCUT2D eigenvalue weighted by Gasteiger charge is -2.31. The van der Waals surface area contributed by atoms with Crippen LogP contribution in [0.5, 0.6) is 0 Å². The van der Waals surface area contributed by atoms with Gasteiger partial charge in [-0.3, -0.25) is 19.3 Å². The number of nitrogens with zero attached hydrogens (tertiary/aromatic N) is 1. The third-order valence-corrected chi connectivity index (χ3v) is 3.35. The lowest BCUT2D eigenvalue weighted by Crippen LogP contribution is -2.53. The highest BCUT2D eigenvalue weighted by Crippen LogP contribution is 2.29. The molecule has 2 bridgehead atoms. The van der Waals surface area contributed by atoms with Gasteiger partial charge in [0.15, 0.2) is 0 Å². The Kier molecular flexibility index (Phi) is 3.15. The largest absolute Gasteiger partial charge is 0.481 e. The van der Waals surface area contributed by atoms with Crippen molar-refractivity contribution in [1.29, 1.82) is 0 Å². The van der Waals surface area contributed by atoms with Crippen molar-refractivity contribution in [2.45, 2.75) is 38.4 Å². The van der Waals surface area contributed by atoms with Gasteiger partial charge in [-0.15, -0.1) is 0 Å². The number of imide groups is 1. The fourth-order valence-electron chi connectivity index (χ4n) is 2.24. The van der Waals surface area contributed by atoms with Gasteiger partial charge in [0, 0.05) is 6.54 Å². The molecule has 2 fully saturated rings. The smallest absolute Gasteiger partial charge is 0.308 e. The van der Waals surface area contributed by atoms with E-state index in [4.69, 9.17) is 9.84 Å². The number of likely N-dealkylation sites (tertiary alicyclic amines) is 1. The summed E-state index contributed by atoms with van der Waals surface area (Å²) in [6.07, 6.45) is 0.390. The topological polar surface area (TPSA) is 83.9 Å². The monoisotopic (exact) mass is 241 g/mol. The van der Waals surface area contributed by atoms with Crippen LogP contribution in [-0.4, -0.2) is 46.5 Å². The number of carboxylic acid groups (broad SMARTS) is 1. The molecule has 6 heteroatoms. The molecule has 2 aliphatic rings. The van der Waals surface area contributed by atoms with Crippen LogP contribution in [0.25, 0.3) is 0 Å². The molecule has 3 atom stereocenters. The van der Waals surface area contributed by atoms with Gasteiger partial charge in [0.1, 0.15) is 12.2 Å². The third kappa shape index (κ3) is 2.04. The Hall–Kier alpha value is -1.43. The van der Waals surface area contributed by atoms with Crippen molar-refractivity contribution in [2.24, 2.45) is 5.92 Å². The van der Waals surface area contributed by atoms with Crippen molar-refractivity contribution in [1.82, 2.24) is 4.90 Å². The Labute approximate surface area is 98.5 Å². The quantitative estimate of drug-likeness (QED) is 0.701. The number of carbonyl (C=O) groups is 3. The fraction of sp³-hybridized carbons (Fsp3) is 0.727. The number of amides is 2. The van der Waals surface area contributed by atoms with Crippen molar-refractivity contribution < 1.29 is 24.2 Å². The summed E-state index contributed by atoms with van der Waals surface area (Å²) in [7, 11) is 0. The molecule has 0 spiro atoms. The highest BCUT2D eigenvalue weighted by atomic mass is 16.5. The molecular weight excluding hydrogens is 226 g/mol. The first-order valence-corrected chi connectivity index (χ1v) is 5.78. The number of aliphatic carboxylic acids is 1. The fourth-order valence-corrected chi connectivity index (χ4v) is 2.24. The minimum Gasteiger partial charge on any atom is -0.481 e. The highest BCUT2D eigenvalue weighted by Gasteiger charge is 2.47. The first kappa shape index (κ1) is 12.0. The highest BCUT2D eigenvalue weighted by molar-refractivity contribution is 6.02. The van der Waals surface area contributed by atoms with Crippen LogP contribution in [0.1, 0.15) is 26.2 Å². The molecule has 2 rings (SSSR count). The molecule has 1 N–H and O–H groups in total. The lowest BCUT2D eigenvalue weighted by molar-refractivity contribution is -0.169. The predicted molar refractivity (Wildman–Crippen MR) is 56.0 cm³/mol. The standard InChI is InChI=1S/C11H15NO5/c1-2-6(11(15)16)5-12-9(13)7-3-4-8(17-7)10(12)14/h6-8H,2-5H2,1H3,(H,15,16). The molecule has 3 unspecified atom stereocenters. The second kappa shape index (κ2) is 4.44. The zero-order valence-corrected chi connectivity index (χ0v) is 9.59.